The van der Waals surface area contributed by atoms with E-state index in [-0.39, 0.29) is 5.76 Å². The van der Waals surface area contributed by atoms with Gasteiger partial charge in [0.15, 0.2) is 0 Å². The Morgan fingerprint density at radius 3 is 1.71 bits per heavy atom. The molecule has 0 aliphatic heterocycles. The van der Waals surface area contributed by atoms with Gasteiger partial charge in [0.05, 0.1) is 0 Å². The molecule has 0 aromatic rings. The minimum atomic E-state index is 0.0102. The highest BCUT2D eigenvalue weighted by atomic mass is 16.3. The van der Waals surface area contributed by atoms with Crippen molar-refractivity contribution in [2.75, 3.05) is 0 Å². The Balaban J connectivity index is 0. The van der Waals surface area contributed by atoms with Crippen molar-refractivity contribution in [1.82, 2.24) is 0 Å². The summed E-state index contributed by atoms with van der Waals surface area (Å²) in [6, 6.07) is 0. The van der Waals surface area contributed by atoms with Crippen molar-refractivity contribution < 1.29 is 5.11 Å². The second-order valence-corrected chi connectivity index (χ2v) is 6.48. The quantitative estimate of drug-likeness (QED) is 0.321. The molecule has 1 nitrogen and oxygen atoms in total. The number of aliphatic hydroxyl groups excluding tert-OH is 1. The molecule has 0 aromatic heterocycles. The van der Waals surface area contributed by atoms with Crippen molar-refractivity contribution in [3.63, 3.8) is 0 Å². The molecule has 0 amide bonds. The van der Waals surface area contributed by atoms with Crippen LogP contribution in [0.2, 0.25) is 0 Å². The Morgan fingerprint density at radius 2 is 1.29 bits per heavy atom. The largest absolute Gasteiger partial charge is 0.509 e. The zero-order valence-electron chi connectivity index (χ0n) is 16.6. The van der Waals surface area contributed by atoms with Crippen LogP contribution in [0.25, 0.3) is 0 Å². The molecule has 0 aliphatic carbocycles. The van der Waals surface area contributed by atoms with Crippen molar-refractivity contribution in [1.29, 1.82) is 0 Å². The number of rotatable bonds is 10. The van der Waals surface area contributed by atoms with E-state index in [0.717, 1.165) is 29.1 Å². The van der Waals surface area contributed by atoms with Gasteiger partial charge in [-0.05, 0) is 35.5 Å². The first-order valence-electron chi connectivity index (χ1n) is 9.00. The minimum absolute atomic E-state index is 0.0102. The van der Waals surface area contributed by atoms with E-state index < -0.39 is 0 Å². The molecule has 0 saturated carbocycles. The van der Waals surface area contributed by atoms with E-state index in [1.807, 2.05) is 12.2 Å². The van der Waals surface area contributed by atoms with Gasteiger partial charge in [0.2, 0.25) is 0 Å². The summed E-state index contributed by atoms with van der Waals surface area (Å²) in [6.07, 6.45) is 12.0. The maximum atomic E-state index is 9.01. The minimum Gasteiger partial charge on any atom is -0.509 e. The van der Waals surface area contributed by atoms with Crippen molar-refractivity contribution in [2.45, 2.75) is 60.3 Å². The molecule has 0 saturated heterocycles. The van der Waals surface area contributed by atoms with E-state index in [9.17, 15) is 0 Å². The van der Waals surface area contributed by atoms with Gasteiger partial charge in [-0.25, -0.2) is 0 Å². The van der Waals surface area contributed by atoms with Gasteiger partial charge < -0.3 is 5.11 Å². The van der Waals surface area contributed by atoms with Crippen molar-refractivity contribution in [3.8, 4) is 0 Å². The van der Waals surface area contributed by atoms with Gasteiger partial charge in [-0.1, -0.05) is 104 Å². The number of allylic oxidation sites excluding steroid dienone is 7. The highest BCUT2D eigenvalue weighted by Crippen LogP contribution is 2.21. The Morgan fingerprint density at radius 1 is 0.833 bits per heavy atom. The highest BCUT2D eigenvalue weighted by Gasteiger charge is 2.07. The summed E-state index contributed by atoms with van der Waals surface area (Å²) in [5, 5.41) is 9.01. The molecule has 0 heterocycles. The van der Waals surface area contributed by atoms with Crippen LogP contribution in [-0.4, -0.2) is 5.11 Å². The van der Waals surface area contributed by atoms with Crippen LogP contribution in [0.1, 0.15) is 60.3 Å². The molecule has 2 unspecified atom stereocenters. The molecule has 0 bridgehead atoms. The van der Waals surface area contributed by atoms with Gasteiger partial charge in [-0.2, -0.15) is 0 Å². The molecule has 0 aliphatic rings. The first-order valence-corrected chi connectivity index (χ1v) is 9.00. The van der Waals surface area contributed by atoms with Crippen LogP contribution >= 0.6 is 0 Å². The van der Waals surface area contributed by atoms with Gasteiger partial charge in [0.1, 0.15) is 5.76 Å². The molecule has 0 spiro atoms. The van der Waals surface area contributed by atoms with E-state index in [1.54, 1.807) is 6.08 Å². The zero-order chi connectivity index (χ0) is 19.1. The third kappa shape index (κ3) is 13.9. The van der Waals surface area contributed by atoms with Crippen LogP contribution < -0.4 is 0 Å². The third-order valence-electron chi connectivity index (χ3n) is 3.81. The van der Waals surface area contributed by atoms with Crippen LogP contribution in [0.5, 0.6) is 0 Å². The number of hydrogen-bond donors (Lipinski definition) is 1. The van der Waals surface area contributed by atoms with Crippen molar-refractivity contribution >= 4 is 0 Å². The van der Waals surface area contributed by atoms with Crippen molar-refractivity contribution in [3.05, 3.63) is 73.1 Å². The van der Waals surface area contributed by atoms with Crippen LogP contribution in [0.15, 0.2) is 73.1 Å². The van der Waals surface area contributed by atoms with Gasteiger partial charge >= 0.3 is 0 Å². The molecular formula is C23H38O. The molecule has 1 N–H and O–H groups in total. The maximum Gasteiger partial charge on any atom is 0.108 e. The fourth-order valence-electron chi connectivity index (χ4n) is 1.71. The fraction of sp³-hybridized carbons (Fsp3) is 0.478. The van der Waals surface area contributed by atoms with Crippen LogP contribution in [0.4, 0.5) is 0 Å². The van der Waals surface area contributed by atoms with Gasteiger partial charge in [-0.15, -0.1) is 0 Å². The number of hydrogen-bond acceptors (Lipinski definition) is 1. The Hall–Kier alpha value is -1.76. The van der Waals surface area contributed by atoms with E-state index in [2.05, 4.69) is 60.9 Å². The monoisotopic (exact) mass is 330 g/mol. The molecule has 0 aromatic carbocycles. The topological polar surface area (TPSA) is 20.2 Å². The Labute approximate surface area is 150 Å². The van der Waals surface area contributed by atoms with E-state index >= 15 is 0 Å². The summed E-state index contributed by atoms with van der Waals surface area (Å²) in [5.41, 5.74) is 2.67. The summed E-state index contributed by atoms with van der Waals surface area (Å²) >= 11 is 0. The molecule has 0 radical (unpaired) electrons. The van der Waals surface area contributed by atoms with Crippen LogP contribution in [0.3, 0.4) is 0 Å². The molecule has 2 atom stereocenters. The SMILES string of the molecule is C=C(O)/C=C\C(=C)C(=C)/C=C\C(=C)C(C)CCC(C)CC.CCC. The summed E-state index contributed by atoms with van der Waals surface area (Å²) in [4.78, 5) is 0. The average molecular weight is 331 g/mol. The molecule has 0 rings (SSSR count). The maximum absolute atomic E-state index is 9.01. The highest BCUT2D eigenvalue weighted by molar-refractivity contribution is 5.45. The lowest BCUT2D eigenvalue weighted by Gasteiger charge is -2.14. The standard InChI is InChI=1S/C20H30O.C3H8/c1-8-15(2)9-10-16(3)17(4)11-12-18(5)19(6)13-14-20(7)21;1-3-2/h11-16,21H,4-10H2,1-3H3;3H2,1-2H3/b12-11-,14-13-;. The smallest absolute Gasteiger partial charge is 0.108 e. The lowest BCUT2D eigenvalue weighted by atomic mass is 9.91. The zero-order valence-corrected chi connectivity index (χ0v) is 16.6. The van der Waals surface area contributed by atoms with Gasteiger partial charge in [0, 0.05) is 0 Å². The molecule has 136 valence electrons. The first-order chi connectivity index (χ1) is 11.2. The first kappa shape index (κ1) is 24.5. The second-order valence-electron chi connectivity index (χ2n) is 6.48. The average Bonchev–Trinajstić information content (AvgIpc) is 2.54. The Kier molecular flexibility index (Phi) is 15.1. The lowest BCUT2D eigenvalue weighted by molar-refractivity contribution is 0.435. The summed E-state index contributed by atoms with van der Waals surface area (Å²) in [6.45, 7) is 26.4. The van der Waals surface area contributed by atoms with E-state index in [1.165, 1.54) is 25.3 Å². The summed E-state index contributed by atoms with van der Waals surface area (Å²) in [5.74, 6) is 1.26. The lowest BCUT2D eigenvalue weighted by Crippen LogP contribution is -2.00. The molecule has 1 heteroatoms. The normalized spacial score (nSPS) is 13.2. The second kappa shape index (κ2) is 14.8. The summed E-state index contributed by atoms with van der Waals surface area (Å²) in [7, 11) is 0. The van der Waals surface area contributed by atoms with Crippen LogP contribution in [0, 0.1) is 11.8 Å². The van der Waals surface area contributed by atoms with Crippen molar-refractivity contribution in [2.24, 2.45) is 11.8 Å². The third-order valence-corrected chi connectivity index (χ3v) is 3.81. The van der Waals surface area contributed by atoms with E-state index in [0.29, 0.717) is 5.92 Å². The Bertz CT molecular complexity index is 462. The predicted octanol–water partition coefficient (Wildman–Crippen LogP) is 7.72. The summed E-state index contributed by atoms with van der Waals surface area (Å²) < 4.78 is 0. The van der Waals surface area contributed by atoms with E-state index in [4.69, 9.17) is 5.11 Å². The van der Waals surface area contributed by atoms with Crippen LogP contribution in [-0.2, 0) is 0 Å². The predicted molar refractivity (Wildman–Crippen MR) is 111 cm³/mol. The van der Waals surface area contributed by atoms with Gasteiger partial charge in [0.25, 0.3) is 0 Å². The number of aliphatic hydroxyl groups is 1. The molecule has 0 fully saturated rings. The molecular weight excluding hydrogens is 292 g/mol. The fourth-order valence-corrected chi connectivity index (χ4v) is 1.71. The molecule has 24 heavy (non-hydrogen) atoms. The van der Waals surface area contributed by atoms with Gasteiger partial charge in [-0.3, -0.25) is 0 Å².